The van der Waals surface area contributed by atoms with Gasteiger partial charge in [-0.3, -0.25) is 4.90 Å². The van der Waals surface area contributed by atoms with Crippen LogP contribution >= 0.6 is 11.6 Å². The van der Waals surface area contributed by atoms with Crippen LogP contribution in [-0.2, 0) is 10.0 Å². The first kappa shape index (κ1) is 14.1. The molecule has 1 aromatic carbocycles. The highest BCUT2D eigenvalue weighted by Crippen LogP contribution is 2.32. The number of nitrogen functional groups attached to an aromatic ring is 1. The minimum Gasteiger partial charge on any atom is -0.398 e. The van der Waals surface area contributed by atoms with Crippen LogP contribution in [0.2, 0.25) is 5.02 Å². The van der Waals surface area contributed by atoms with Crippen molar-refractivity contribution < 1.29 is 8.42 Å². The minimum atomic E-state index is -3.61. The second-order valence-electron chi connectivity index (χ2n) is 5.35. The van der Waals surface area contributed by atoms with E-state index >= 15 is 0 Å². The highest BCUT2D eigenvalue weighted by atomic mass is 35.5. The molecule has 2 saturated heterocycles. The van der Waals surface area contributed by atoms with Gasteiger partial charge in [-0.05, 0) is 31.5 Å². The predicted molar refractivity (Wildman–Crippen MR) is 79.2 cm³/mol. The molecule has 2 fully saturated rings. The fourth-order valence-corrected chi connectivity index (χ4v) is 5.21. The fourth-order valence-electron chi connectivity index (χ4n) is 3.11. The highest BCUT2D eigenvalue weighted by Gasteiger charge is 2.37. The Morgan fingerprint density at radius 1 is 1.25 bits per heavy atom. The molecular formula is C13H18ClN3O2S. The second-order valence-corrected chi connectivity index (χ2v) is 7.64. The molecular weight excluding hydrogens is 298 g/mol. The molecule has 0 radical (unpaired) electrons. The fraction of sp³-hybridized carbons (Fsp3) is 0.538. The maximum Gasteiger partial charge on any atom is 0.246 e. The molecule has 0 saturated carbocycles. The topological polar surface area (TPSA) is 66.6 Å². The van der Waals surface area contributed by atoms with Gasteiger partial charge in [-0.2, -0.15) is 4.31 Å². The quantitative estimate of drug-likeness (QED) is 0.838. The highest BCUT2D eigenvalue weighted by molar-refractivity contribution is 7.89. The van der Waals surface area contributed by atoms with E-state index in [1.54, 1.807) is 18.2 Å². The van der Waals surface area contributed by atoms with Crippen molar-refractivity contribution in [1.29, 1.82) is 0 Å². The number of benzene rings is 1. The average molecular weight is 316 g/mol. The lowest BCUT2D eigenvalue weighted by atomic mass is 10.2. The molecule has 0 spiro atoms. The summed E-state index contributed by atoms with van der Waals surface area (Å²) in [6, 6.07) is 5.13. The Bertz CT molecular complexity index is 600. The van der Waals surface area contributed by atoms with E-state index in [0.29, 0.717) is 19.1 Å². The third-order valence-electron chi connectivity index (χ3n) is 4.15. The summed E-state index contributed by atoms with van der Waals surface area (Å²) in [5, 5.41) is 0.193. The molecule has 2 aliphatic heterocycles. The van der Waals surface area contributed by atoms with Crippen molar-refractivity contribution in [2.75, 3.05) is 31.9 Å². The van der Waals surface area contributed by atoms with Gasteiger partial charge in [0.15, 0.2) is 0 Å². The molecule has 0 bridgehead atoms. The van der Waals surface area contributed by atoms with Crippen molar-refractivity contribution >= 4 is 27.3 Å². The van der Waals surface area contributed by atoms with Crippen LogP contribution in [0.25, 0.3) is 0 Å². The maximum atomic E-state index is 12.8. The number of halogens is 1. The Morgan fingerprint density at radius 3 is 2.80 bits per heavy atom. The molecule has 1 atom stereocenters. The van der Waals surface area contributed by atoms with Gasteiger partial charge in [0.25, 0.3) is 0 Å². The van der Waals surface area contributed by atoms with Gasteiger partial charge in [0.1, 0.15) is 4.90 Å². The summed E-state index contributed by atoms with van der Waals surface area (Å²) in [6.45, 7) is 2.90. The number of fused-ring (bicyclic) bond motifs is 1. The first-order valence-electron chi connectivity index (χ1n) is 6.78. The van der Waals surface area contributed by atoms with Gasteiger partial charge in [0.2, 0.25) is 10.0 Å². The third kappa shape index (κ3) is 2.30. The van der Waals surface area contributed by atoms with Crippen LogP contribution in [-0.4, -0.2) is 49.8 Å². The van der Waals surface area contributed by atoms with E-state index in [2.05, 4.69) is 4.90 Å². The normalized spacial score (nSPS) is 24.8. The Morgan fingerprint density at radius 2 is 2.05 bits per heavy atom. The third-order valence-corrected chi connectivity index (χ3v) is 6.56. The van der Waals surface area contributed by atoms with Crippen LogP contribution in [0.15, 0.2) is 23.1 Å². The molecule has 0 aliphatic carbocycles. The van der Waals surface area contributed by atoms with E-state index in [1.807, 2.05) is 0 Å². The number of rotatable bonds is 2. The molecule has 1 aromatic rings. The Balaban J connectivity index is 1.92. The predicted octanol–water partition coefficient (Wildman–Crippen LogP) is 1.39. The SMILES string of the molecule is Nc1cccc(Cl)c1S(=O)(=O)N1CCN2CCCC2C1. The zero-order chi connectivity index (χ0) is 14.3. The van der Waals surface area contributed by atoms with Crippen LogP contribution in [0.1, 0.15) is 12.8 Å². The molecule has 7 heteroatoms. The molecule has 20 heavy (non-hydrogen) atoms. The number of nitrogens with zero attached hydrogens (tertiary/aromatic N) is 2. The molecule has 0 aromatic heterocycles. The van der Waals surface area contributed by atoms with Crippen molar-refractivity contribution in [3.05, 3.63) is 23.2 Å². The smallest absolute Gasteiger partial charge is 0.246 e. The van der Waals surface area contributed by atoms with Crippen molar-refractivity contribution in [2.24, 2.45) is 0 Å². The summed E-state index contributed by atoms with van der Waals surface area (Å²) in [7, 11) is -3.61. The van der Waals surface area contributed by atoms with E-state index in [4.69, 9.17) is 17.3 Å². The molecule has 2 N–H and O–H groups in total. The first-order valence-corrected chi connectivity index (χ1v) is 8.60. The number of piperazine rings is 1. The molecule has 5 nitrogen and oxygen atoms in total. The standard InChI is InChI=1S/C13H18ClN3O2S/c14-11-4-1-5-12(15)13(11)20(18,19)17-8-7-16-6-2-3-10(16)9-17/h1,4-5,10H,2-3,6-9,15H2. The Labute approximate surface area is 124 Å². The Hall–Kier alpha value is -0.820. The van der Waals surface area contributed by atoms with Gasteiger partial charge in [-0.15, -0.1) is 0 Å². The molecule has 110 valence electrons. The van der Waals surface area contributed by atoms with E-state index in [1.165, 1.54) is 4.31 Å². The molecule has 0 amide bonds. The molecule has 3 rings (SSSR count). The van der Waals surface area contributed by atoms with Crippen LogP contribution in [0, 0.1) is 0 Å². The van der Waals surface area contributed by atoms with Crippen molar-refractivity contribution in [1.82, 2.24) is 9.21 Å². The van der Waals surface area contributed by atoms with Crippen molar-refractivity contribution in [3.8, 4) is 0 Å². The van der Waals surface area contributed by atoms with Gasteiger partial charge in [-0.25, -0.2) is 8.42 Å². The molecule has 2 aliphatic rings. The van der Waals surface area contributed by atoms with Gasteiger partial charge in [0, 0.05) is 25.7 Å². The van der Waals surface area contributed by atoms with E-state index < -0.39 is 10.0 Å². The summed E-state index contributed by atoms with van der Waals surface area (Å²) in [5.41, 5.74) is 6.03. The van der Waals surface area contributed by atoms with E-state index in [0.717, 1.165) is 25.9 Å². The van der Waals surface area contributed by atoms with Crippen LogP contribution in [0.3, 0.4) is 0 Å². The van der Waals surface area contributed by atoms with E-state index in [9.17, 15) is 8.42 Å². The molecule has 2 heterocycles. The van der Waals surface area contributed by atoms with Crippen LogP contribution in [0.4, 0.5) is 5.69 Å². The Kier molecular flexibility index (Phi) is 3.66. The number of anilines is 1. The number of hydrogen-bond acceptors (Lipinski definition) is 4. The summed E-state index contributed by atoms with van der Waals surface area (Å²) in [6.07, 6.45) is 2.21. The maximum absolute atomic E-state index is 12.8. The zero-order valence-corrected chi connectivity index (χ0v) is 12.7. The zero-order valence-electron chi connectivity index (χ0n) is 11.1. The minimum absolute atomic E-state index is 0.0492. The summed E-state index contributed by atoms with van der Waals surface area (Å²) >= 11 is 6.05. The largest absolute Gasteiger partial charge is 0.398 e. The average Bonchev–Trinajstić information content (AvgIpc) is 2.85. The summed E-state index contributed by atoms with van der Waals surface area (Å²) < 4.78 is 27.0. The van der Waals surface area contributed by atoms with Crippen LogP contribution in [0.5, 0.6) is 0 Å². The van der Waals surface area contributed by atoms with Gasteiger partial charge >= 0.3 is 0 Å². The number of nitrogens with two attached hydrogens (primary N) is 1. The van der Waals surface area contributed by atoms with Crippen molar-refractivity contribution in [3.63, 3.8) is 0 Å². The number of sulfonamides is 1. The van der Waals surface area contributed by atoms with Gasteiger partial charge in [0.05, 0.1) is 10.7 Å². The van der Waals surface area contributed by atoms with Gasteiger partial charge < -0.3 is 5.73 Å². The lowest BCUT2D eigenvalue weighted by Crippen LogP contribution is -2.52. The molecule has 1 unspecified atom stereocenters. The van der Waals surface area contributed by atoms with E-state index in [-0.39, 0.29) is 15.6 Å². The van der Waals surface area contributed by atoms with Gasteiger partial charge in [-0.1, -0.05) is 17.7 Å². The monoisotopic (exact) mass is 315 g/mol. The number of hydrogen-bond donors (Lipinski definition) is 1. The second kappa shape index (κ2) is 5.18. The van der Waals surface area contributed by atoms with Crippen LogP contribution < -0.4 is 5.73 Å². The first-order chi connectivity index (χ1) is 9.50. The summed E-state index contributed by atoms with van der Waals surface area (Å²) in [4.78, 5) is 2.41. The lowest BCUT2D eigenvalue weighted by molar-refractivity contribution is 0.158. The lowest BCUT2D eigenvalue weighted by Gasteiger charge is -2.36. The summed E-state index contributed by atoms with van der Waals surface area (Å²) in [5.74, 6) is 0. The van der Waals surface area contributed by atoms with Crippen molar-refractivity contribution in [2.45, 2.75) is 23.8 Å².